The molecule has 4 heterocycles. The van der Waals surface area contributed by atoms with Gasteiger partial charge in [-0.2, -0.15) is 5.10 Å². The van der Waals surface area contributed by atoms with Crippen LogP contribution in [0, 0.1) is 6.92 Å². The van der Waals surface area contributed by atoms with Gasteiger partial charge in [-0.05, 0) is 56.2 Å². The predicted molar refractivity (Wildman–Crippen MR) is 155 cm³/mol. The van der Waals surface area contributed by atoms with Crippen LogP contribution in [0.15, 0.2) is 60.0 Å². The molecule has 0 N–H and O–H groups in total. The van der Waals surface area contributed by atoms with Crippen molar-refractivity contribution in [1.82, 2.24) is 14.8 Å². The van der Waals surface area contributed by atoms with Crippen LogP contribution in [-0.4, -0.2) is 54.1 Å². The summed E-state index contributed by atoms with van der Waals surface area (Å²) in [7, 11) is 3.26. The maximum atomic E-state index is 14.1. The topological polar surface area (TPSA) is 78.7 Å². The van der Waals surface area contributed by atoms with Crippen molar-refractivity contribution in [3.63, 3.8) is 0 Å². The summed E-state index contributed by atoms with van der Waals surface area (Å²) in [5.41, 5.74) is 3.38. The second-order valence-electron chi connectivity index (χ2n) is 9.29. The molecule has 1 fully saturated rings. The Kier molecular flexibility index (Phi) is 7.07. The highest BCUT2D eigenvalue weighted by atomic mass is 32.1. The Bertz CT molecular complexity index is 1620. The fourth-order valence-electron chi connectivity index (χ4n) is 4.80. The highest BCUT2D eigenvalue weighted by Crippen LogP contribution is 2.38. The third-order valence-corrected chi connectivity index (χ3v) is 8.78. The third-order valence-electron chi connectivity index (χ3n) is 6.82. The van der Waals surface area contributed by atoms with Crippen molar-refractivity contribution >= 4 is 43.9 Å². The molecule has 1 saturated heterocycles. The zero-order valence-electron chi connectivity index (χ0n) is 21.9. The minimum atomic E-state index is -0.0933. The Hall–Kier alpha value is -3.73. The van der Waals surface area contributed by atoms with Crippen molar-refractivity contribution in [3.05, 3.63) is 70.5 Å². The summed E-state index contributed by atoms with van der Waals surface area (Å²) >= 11 is 2.88. The number of aryl methyl sites for hydroxylation is 1. The van der Waals surface area contributed by atoms with Gasteiger partial charge in [-0.3, -0.25) is 9.69 Å². The van der Waals surface area contributed by atoms with Crippen LogP contribution in [0.1, 0.15) is 28.2 Å². The molecular weight excluding hydrogens is 532 g/mol. The van der Waals surface area contributed by atoms with Crippen molar-refractivity contribution in [2.75, 3.05) is 32.3 Å². The number of amides is 1. The highest BCUT2D eigenvalue weighted by molar-refractivity contribution is 7.20. The number of methoxy groups -OCH3 is 2. The van der Waals surface area contributed by atoms with E-state index in [1.54, 1.807) is 19.1 Å². The SMILES string of the molecule is COc1ccc(OC)c(-c2csc(N(CC3CCCO3)C(=O)c3cc4c(C)nn(-c5ccccc5)c4s3)n2)c1. The number of ether oxygens (including phenoxy) is 3. The minimum Gasteiger partial charge on any atom is -0.497 e. The summed E-state index contributed by atoms with van der Waals surface area (Å²) in [6.45, 7) is 3.13. The first kappa shape index (κ1) is 25.5. The maximum absolute atomic E-state index is 14.1. The van der Waals surface area contributed by atoms with Crippen molar-refractivity contribution < 1.29 is 19.0 Å². The van der Waals surface area contributed by atoms with Crippen LogP contribution in [0.25, 0.3) is 27.2 Å². The number of rotatable bonds is 8. The van der Waals surface area contributed by atoms with Crippen molar-refractivity contribution in [1.29, 1.82) is 0 Å². The normalized spacial score (nSPS) is 15.1. The lowest BCUT2D eigenvalue weighted by atomic mass is 10.1. The molecule has 1 unspecified atom stereocenters. The van der Waals surface area contributed by atoms with E-state index in [2.05, 4.69) is 0 Å². The summed E-state index contributed by atoms with van der Waals surface area (Å²) in [6, 6.07) is 17.5. The first-order valence-electron chi connectivity index (χ1n) is 12.7. The molecule has 1 aliphatic heterocycles. The predicted octanol–water partition coefficient (Wildman–Crippen LogP) is 6.36. The number of benzene rings is 2. The van der Waals surface area contributed by atoms with Gasteiger partial charge < -0.3 is 14.2 Å². The van der Waals surface area contributed by atoms with Crippen LogP contribution in [-0.2, 0) is 4.74 Å². The fraction of sp³-hybridized carbons (Fsp3) is 0.276. The molecule has 39 heavy (non-hydrogen) atoms. The Labute approximate surface area is 234 Å². The van der Waals surface area contributed by atoms with Gasteiger partial charge in [-0.15, -0.1) is 22.7 Å². The van der Waals surface area contributed by atoms with Gasteiger partial charge in [0.15, 0.2) is 5.13 Å². The summed E-state index contributed by atoms with van der Waals surface area (Å²) in [5, 5.41) is 8.27. The standard InChI is InChI=1S/C29H28N4O4S2/c1-18-22-15-26(39-28(22)33(31-18)19-8-5-4-6-9-19)27(34)32(16-21-10-7-13-37-21)29-30-24(17-38-29)23-14-20(35-2)11-12-25(23)36-3/h4-6,8-9,11-12,14-15,17,21H,7,10,13,16H2,1-3H3. The lowest BCUT2D eigenvalue weighted by molar-refractivity contribution is 0.0920. The molecule has 6 rings (SSSR count). The molecule has 1 amide bonds. The van der Waals surface area contributed by atoms with Crippen LogP contribution in [0.5, 0.6) is 11.5 Å². The van der Waals surface area contributed by atoms with E-state index in [4.69, 9.17) is 24.3 Å². The number of aromatic nitrogens is 3. The molecule has 0 spiro atoms. The molecule has 0 bridgehead atoms. The second-order valence-corrected chi connectivity index (χ2v) is 11.2. The Balaban J connectivity index is 1.38. The molecular formula is C29H28N4O4S2. The average Bonchev–Trinajstić information content (AvgIpc) is 3.78. The van der Waals surface area contributed by atoms with Crippen LogP contribution >= 0.6 is 22.7 Å². The van der Waals surface area contributed by atoms with Crippen LogP contribution in [0.2, 0.25) is 0 Å². The summed E-state index contributed by atoms with van der Waals surface area (Å²) in [6.07, 6.45) is 1.88. The van der Waals surface area contributed by atoms with E-state index in [0.717, 1.165) is 45.7 Å². The third kappa shape index (κ3) is 4.91. The van der Waals surface area contributed by atoms with E-state index in [1.807, 2.05) is 71.6 Å². The fourth-order valence-corrected chi connectivity index (χ4v) is 6.76. The average molecular weight is 561 g/mol. The van der Waals surface area contributed by atoms with Crippen LogP contribution in [0.3, 0.4) is 0 Å². The maximum Gasteiger partial charge on any atom is 0.270 e. The van der Waals surface area contributed by atoms with E-state index in [0.29, 0.717) is 34.7 Å². The molecule has 2 aromatic carbocycles. The Morgan fingerprint density at radius 3 is 2.74 bits per heavy atom. The number of hydrogen-bond donors (Lipinski definition) is 0. The number of carbonyl (C=O) groups excluding carboxylic acids is 1. The van der Waals surface area contributed by atoms with Gasteiger partial charge in [-0.25, -0.2) is 9.67 Å². The van der Waals surface area contributed by atoms with Gasteiger partial charge in [0.25, 0.3) is 5.91 Å². The highest BCUT2D eigenvalue weighted by Gasteiger charge is 2.29. The first-order chi connectivity index (χ1) is 19.1. The number of carbonyl (C=O) groups is 1. The van der Waals surface area contributed by atoms with Gasteiger partial charge in [0.2, 0.25) is 0 Å². The molecule has 1 atom stereocenters. The van der Waals surface area contributed by atoms with Gasteiger partial charge in [0.1, 0.15) is 16.3 Å². The molecule has 0 aliphatic carbocycles. The summed E-state index contributed by atoms with van der Waals surface area (Å²) < 4.78 is 18.8. The van der Waals surface area contributed by atoms with Crippen LogP contribution in [0.4, 0.5) is 5.13 Å². The van der Waals surface area contributed by atoms with Crippen LogP contribution < -0.4 is 14.4 Å². The summed E-state index contributed by atoms with van der Waals surface area (Å²) in [5.74, 6) is 1.31. The first-order valence-corrected chi connectivity index (χ1v) is 14.4. The zero-order valence-corrected chi connectivity index (χ0v) is 23.6. The molecule has 200 valence electrons. The Morgan fingerprint density at radius 1 is 1.15 bits per heavy atom. The number of nitrogens with zero attached hydrogens (tertiary/aromatic N) is 4. The molecule has 10 heteroatoms. The molecule has 3 aromatic heterocycles. The largest absolute Gasteiger partial charge is 0.497 e. The molecule has 8 nitrogen and oxygen atoms in total. The monoisotopic (exact) mass is 560 g/mol. The van der Waals surface area contributed by atoms with E-state index < -0.39 is 0 Å². The lowest BCUT2D eigenvalue weighted by Gasteiger charge is -2.22. The van der Waals surface area contributed by atoms with Crippen molar-refractivity contribution in [3.8, 4) is 28.4 Å². The van der Waals surface area contributed by atoms with Crippen molar-refractivity contribution in [2.24, 2.45) is 0 Å². The number of thiophene rings is 1. The zero-order chi connectivity index (χ0) is 26.9. The molecule has 0 radical (unpaired) electrons. The minimum absolute atomic E-state index is 0.0245. The van der Waals surface area contributed by atoms with E-state index >= 15 is 0 Å². The lowest BCUT2D eigenvalue weighted by Crippen LogP contribution is -2.37. The van der Waals surface area contributed by atoms with Gasteiger partial charge in [-0.1, -0.05) is 18.2 Å². The molecule has 0 saturated carbocycles. The summed E-state index contributed by atoms with van der Waals surface area (Å²) in [4.78, 5) is 22.3. The van der Waals surface area contributed by atoms with E-state index in [9.17, 15) is 4.79 Å². The van der Waals surface area contributed by atoms with Gasteiger partial charge in [0.05, 0.1) is 48.8 Å². The number of hydrogen-bond acceptors (Lipinski definition) is 8. The van der Waals surface area contributed by atoms with E-state index in [1.165, 1.54) is 22.7 Å². The number of fused-ring (bicyclic) bond motifs is 1. The number of thiazole rings is 1. The smallest absolute Gasteiger partial charge is 0.270 e. The van der Waals surface area contributed by atoms with E-state index in [-0.39, 0.29) is 12.0 Å². The van der Waals surface area contributed by atoms with Gasteiger partial charge in [0, 0.05) is 22.9 Å². The number of anilines is 1. The molecule has 1 aliphatic rings. The second kappa shape index (κ2) is 10.8. The van der Waals surface area contributed by atoms with Gasteiger partial charge >= 0.3 is 0 Å². The van der Waals surface area contributed by atoms with Crippen molar-refractivity contribution in [2.45, 2.75) is 25.9 Å². The quantitative estimate of drug-likeness (QED) is 0.220. The molecule has 5 aromatic rings. The number of para-hydroxylation sites is 1. The Morgan fingerprint density at radius 2 is 2.00 bits per heavy atom.